The van der Waals surface area contributed by atoms with Crippen molar-refractivity contribution in [3.63, 3.8) is 0 Å². The number of ether oxygens (including phenoxy) is 2. The molecule has 1 atom stereocenters. The summed E-state index contributed by atoms with van der Waals surface area (Å²) in [5.74, 6) is 1.37. The van der Waals surface area contributed by atoms with E-state index in [4.69, 9.17) is 9.47 Å². The van der Waals surface area contributed by atoms with Gasteiger partial charge in [-0.15, -0.1) is 11.3 Å². The minimum absolute atomic E-state index is 0.0420. The van der Waals surface area contributed by atoms with E-state index in [2.05, 4.69) is 23.2 Å². The molecule has 1 saturated heterocycles. The molecule has 29 heavy (non-hydrogen) atoms. The lowest BCUT2D eigenvalue weighted by Gasteiger charge is -2.31. The summed E-state index contributed by atoms with van der Waals surface area (Å²) in [4.78, 5) is 16.5. The van der Waals surface area contributed by atoms with E-state index in [1.807, 2.05) is 24.4 Å². The van der Waals surface area contributed by atoms with Gasteiger partial charge in [-0.3, -0.25) is 9.69 Å². The molecule has 1 aromatic carbocycles. The van der Waals surface area contributed by atoms with Gasteiger partial charge in [0.05, 0.1) is 19.6 Å². The van der Waals surface area contributed by atoms with Crippen LogP contribution in [0.15, 0.2) is 35.3 Å². The number of hydrogen-bond donors (Lipinski definition) is 1. The van der Waals surface area contributed by atoms with Gasteiger partial charge in [-0.2, -0.15) is 0 Å². The maximum atomic E-state index is 12.8. The molecule has 2 aromatic heterocycles. The number of aromatic nitrogens is 1. The summed E-state index contributed by atoms with van der Waals surface area (Å²) < 4.78 is 13.5. The Hall–Kier alpha value is -2.35. The average Bonchev–Trinajstić information content (AvgIpc) is 3.14. The number of nitrogens with one attached hydrogen (secondary N) is 1. The molecule has 1 N–H and O–H groups in total. The van der Waals surface area contributed by atoms with E-state index < -0.39 is 0 Å². The molecule has 1 aliphatic rings. The molecule has 4 rings (SSSR count). The molecular weight excluding hydrogens is 386 g/mol. The Kier molecular flexibility index (Phi) is 5.63. The van der Waals surface area contributed by atoms with Gasteiger partial charge < -0.3 is 19.4 Å². The number of benzene rings is 1. The van der Waals surface area contributed by atoms with Crippen molar-refractivity contribution in [1.82, 2.24) is 14.8 Å². The Labute approximate surface area is 174 Å². The van der Waals surface area contributed by atoms with Crippen LogP contribution in [0.3, 0.4) is 0 Å². The van der Waals surface area contributed by atoms with Crippen molar-refractivity contribution in [2.24, 2.45) is 7.05 Å². The lowest BCUT2D eigenvalue weighted by atomic mass is 10.1. The average molecular weight is 414 g/mol. The summed E-state index contributed by atoms with van der Waals surface area (Å²) in [7, 11) is 5.07. The summed E-state index contributed by atoms with van der Waals surface area (Å²) in [5.41, 5.74) is 2.08. The van der Waals surface area contributed by atoms with Gasteiger partial charge >= 0.3 is 0 Å². The molecule has 3 aromatic rings. The molecule has 1 fully saturated rings. The molecule has 154 valence electrons. The second-order valence-electron chi connectivity index (χ2n) is 7.57. The molecule has 7 heteroatoms. The highest BCUT2D eigenvalue weighted by atomic mass is 32.1. The lowest BCUT2D eigenvalue weighted by molar-refractivity contribution is 0.201. The van der Waals surface area contributed by atoms with E-state index in [0.717, 1.165) is 47.4 Å². The number of aryl methyl sites for hydroxylation is 1. The SMILES string of the molecule is COc1ccc(-c2cn(C)c(=O)c3cc(CN4CCN[C@@H](C)C4)sc23)cc1OC. The van der Waals surface area contributed by atoms with Crippen LogP contribution < -0.4 is 20.3 Å². The van der Waals surface area contributed by atoms with Gasteiger partial charge in [-0.05, 0) is 30.7 Å². The fraction of sp³-hybridized carbons (Fsp3) is 0.409. The topological polar surface area (TPSA) is 55.7 Å². The molecule has 0 radical (unpaired) electrons. The molecule has 0 unspecified atom stereocenters. The van der Waals surface area contributed by atoms with Crippen LogP contribution in [0.2, 0.25) is 0 Å². The van der Waals surface area contributed by atoms with E-state index in [1.165, 1.54) is 4.88 Å². The Morgan fingerprint density at radius 3 is 2.72 bits per heavy atom. The van der Waals surface area contributed by atoms with Crippen molar-refractivity contribution in [3.05, 3.63) is 45.7 Å². The Balaban J connectivity index is 1.78. The van der Waals surface area contributed by atoms with Crippen LogP contribution in [-0.4, -0.2) is 49.4 Å². The van der Waals surface area contributed by atoms with E-state index >= 15 is 0 Å². The first-order valence-corrected chi connectivity index (χ1v) is 10.6. The van der Waals surface area contributed by atoms with Crippen LogP contribution in [0.25, 0.3) is 21.2 Å². The normalized spacial score (nSPS) is 17.6. The smallest absolute Gasteiger partial charge is 0.259 e. The molecule has 0 spiro atoms. The van der Waals surface area contributed by atoms with Crippen molar-refractivity contribution in [3.8, 4) is 22.6 Å². The molecular formula is C22H27N3O3S. The van der Waals surface area contributed by atoms with Gasteiger partial charge in [-0.25, -0.2) is 0 Å². The van der Waals surface area contributed by atoms with Crippen molar-refractivity contribution >= 4 is 21.4 Å². The van der Waals surface area contributed by atoms with Crippen LogP contribution in [-0.2, 0) is 13.6 Å². The first-order chi connectivity index (χ1) is 14.0. The van der Waals surface area contributed by atoms with E-state index in [-0.39, 0.29) is 5.56 Å². The number of nitrogens with zero attached hydrogens (tertiary/aromatic N) is 2. The minimum atomic E-state index is 0.0420. The van der Waals surface area contributed by atoms with Crippen molar-refractivity contribution in [1.29, 1.82) is 0 Å². The highest BCUT2D eigenvalue weighted by Crippen LogP contribution is 2.37. The maximum absolute atomic E-state index is 12.8. The number of piperazine rings is 1. The summed E-state index contributed by atoms with van der Waals surface area (Å²) in [5, 5.41) is 4.26. The van der Waals surface area contributed by atoms with E-state index in [9.17, 15) is 4.79 Å². The van der Waals surface area contributed by atoms with Crippen molar-refractivity contribution < 1.29 is 9.47 Å². The number of pyridine rings is 1. The quantitative estimate of drug-likeness (QED) is 0.697. The van der Waals surface area contributed by atoms with Crippen LogP contribution in [0.5, 0.6) is 11.5 Å². The fourth-order valence-electron chi connectivity index (χ4n) is 3.97. The van der Waals surface area contributed by atoms with Gasteiger partial charge in [0.2, 0.25) is 0 Å². The van der Waals surface area contributed by atoms with Crippen molar-refractivity contribution in [2.75, 3.05) is 33.9 Å². The second kappa shape index (κ2) is 8.18. The van der Waals surface area contributed by atoms with Gasteiger partial charge in [0.15, 0.2) is 11.5 Å². The highest BCUT2D eigenvalue weighted by molar-refractivity contribution is 7.19. The van der Waals surface area contributed by atoms with Gasteiger partial charge in [-0.1, -0.05) is 6.07 Å². The standard InChI is InChI=1S/C22H27N3O3S/c1-14-11-25(8-7-23-14)12-16-10-17-21(29-16)18(13-24(2)22(17)26)15-5-6-19(27-3)20(9-15)28-4/h5-6,9-10,13-14,23H,7-8,11-12H2,1-4H3/t14-/m0/s1. The molecule has 0 saturated carbocycles. The molecule has 1 aliphatic heterocycles. The number of thiophene rings is 1. The predicted octanol–water partition coefficient (Wildman–Crippen LogP) is 3.08. The zero-order chi connectivity index (χ0) is 20.5. The third-order valence-corrected chi connectivity index (χ3v) is 6.58. The minimum Gasteiger partial charge on any atom is -0.493 e. The zero-order valence-corrected chi connectivity index (χ0v) is 18.1. The monoisotopic (exact) mass is 413 g/mol. The number of methoxy groups -OCH3 is 2. The highest BCUT2D eigenvalue weighted by Gasteiger charge is 2.19. The van der Waals surface area contributed by atoms with Crippen LogP contribution in [0, 0.1) is 0 Å². The Bertz CT molecular complexity index is 1090. The molecule has 0 amide bonds. The first kappa shape index (κ1) is 19.9. The maximum Gasteiger partial charge on any atom is 0.259 e. The Morgan fingerprint density at radius 1 is 1.21 bits per heavy atom. The largest absolute Gasteiger partial charge is 0.493 e. The first-order valence-electron chi connectivity index (χ1n) is 9.80. The van der Waals surface area contributed by atoms with Crippen LogP contribution in [0.4, 0.5) is 0 Å². The summed E-state index contributed by atoms with van der Waals surface area (Å²) in [6.45, 7) is 6.14. The summed E-state index contributed by atoms with van der Waals surface area (Å²) in [6, 6.07) is 8.45. The molecule has 0 bridgehead atoms. The van der Waals surface area contributed by atoms with Crippen LogP contribution >= 0.6 is 11.3 Å². The summed E-state index contributed by atoms with van der Waals surface area (Å²) in [6.07, 6.45) is 1.92. The van der Waals surface area contributed by atoms with E-state index in [1.54, 1.807) is 37.2 Å². The van der Waals surface area contributed by atoms with E-state index in [0.29, 0.717) is 17.5 Å². The number of fused-ring (bicyclic) bond motifs is 1. The van der Waals surface area contributed by atoms with Gasteiger partial charge in [0.25, 0.3) is 5.56 Å². The zero-order valence-electron chi connectivity index (χ0n) is 17.3. The predicted molar refractivity (Wildman–Crippen MR) is 118 cm³/mol. The van der Waals surface area contributed by atoms with Gasteiger partial charge in [0, 0.05) is 60.6 Å². The number of rotatable bonds is 5. The number of hydrogen-bond acceptors (Lipinski definition) is 6. The van der Waals surface area contributed by atoms with Gasteiger partial charge in [0.1, 0.15) is 0 Å². The third-order valence-electron chi connectivity index (χ3n) is 5.43. The molecule has 6 nitrogen and oxygen atoms in total. The fourth-order valence-corrected chi connectivity index (χ4v) is 5.19. The molecule has 3 heterocycles. The lowest BCUT2D eigenvalue weighted by Crippen LogP contribution is -2.48. The third kappa shape index (κ3) is 3.90. The summed E-state index contributed by atoms with van der Waals surface area (Å²) >= 11 is 1.71. The molecule has 0 aliphatic carbocycles. The Morgan fingerprint density at radius 2 is 2.00 bits per heavy atom. The van der Waals surface area contributed by atoms with Crippen LogP contribution in [0.1, 0.15) is 11.8 Å². The van der Waals surface area contributed by atoms with Crippen molar-refractivity contribution in [2.45, 2.75) is 19.5 Å². The second-order valence-corrected chi connectivity index (χ2v) is 8.71.